The Bertz CT molecular complexity index is 1200. The molecule has 1 heterocycles. The van der Waals surface area contributed by atoms with Gasteiger partial charge >= 0.3 is 0 Å². The first-order chi connectivity index (χ1) is 22.7. The van der Waals surface area contributed by atoms with Gasteiger partial charge in [-0.05, 0) is 37.4 Å². The number of aromatic nitrogens is 1. The van der Waals surface area contributed by atoms with Gasteiger partial charge in [0.2, 0.25) is 11.8 Å². The van der Waals surface area contributed by atoms with Gasteiger partial charge in [0.15, 0.2) is 0 Å². The molecule has 0 radical (unpaired) electrons. The van der Waals surface area contributed by atoms with E-state index in [1.165, 1.54) is 30.6 Å². The third-order valence-corrected chi connectivity index (χ3v) is 10.2. The minimum Gasteiger partial charge on any atom is -0.389 e. The molecule has 0 unspecified atom stereocenters. The average Bonchev–Trinajstić information content (AvgIpc) is 3.60. The number of aliphatic hydroxyl groups is 2. The van der Waals surface area contributed by atoms with Crippen LogP contribution in [-0.4, -0.2) is 101 Å². The smallest absolute Gasteiger partial charge is 0.224 e. The zero-order valence-electron chi connectivity index (χ0n) is 28.7. The van der Waals surface area contributed by atoms with E-state index in [0.29, 0.717) is 31.8 Å². The zero-order valence-corrected chi connectivity index (χ0v) is 29.5. The van der Waals surface area contributed by atoms with Crippen molar-refractivity contribution in [1.82, 2.24) is 25.4 Å². The number of nitrogens with zero attached hydrogens (tertiary/aromatic N) is 3. The van der Waals surface area contributed by atoms with E-state index in [4.69, 9.17) is 6.42 Å². The third-order valence-electron chi connectivity index (χ3n) is 9.55. The molecule has 1 aliphatic carbocycles. The van der Waals surface area contributed by atoms with Gasteiger partial charge in [0.05, 0.1) is 29.3 Å². The first kappa shape index (κ1) is 38.6. The summed E-state index contributed by atoms with van der Waals surface area (Å²) >= 11 is 1.50. The van der Waals surface area contributed by atoms with Gasteiger partial charge in [0.1, 0.15) is 0 Å². The third kappa shape index (κ3) is 13.7. The molecule has 1 aliphatic rings. The van der Waals surface area contributed by atoms with Gasteiger partial charge in [-0.3, -0.25) is 9.59 Å². The lowest BCUT2D eigenvalue weighted by Crippen LogP contribution is -2.53. The molecule has 0 spiro atoms. The molecule has 0 aliphatic heterocycles. The second-order valence-corrected chi connectivity index (χ2v) is 13.8. The van der Waals surface area contributed by atoms with Crippen molar-refractivity contribution in [3.8, 4) is 12.3 Å². The lowest BCUT2D eigenvalue weighted by Gasteiger charge is -2.33. The summed E-state index contributed by atoms with van der Waals surface area (Å²) in [7, 11) is 1.81. The summed E-state index contributed by atoms with van der Waals surface area (Å²) in [6.07, 6.45) is 11.0. The second kappa shape index (κ2) is 21.2. The lowest BCUT2D eigenvalue weighted by molar-refractivity contribution is -0.135. The van der Waals surface area contributed by atoms with Crippen LogP contribution in [0.3, 0.4) is 0 Å². The summed E-state index contributed by atoms with van der Waals surface area (Å²) in [5, 5.41) is 30.5. The minimum absolute atomic E-state index is 0.0550. The number of carbonyl (C=O) groups excluding carboxylic acids is 2. The van der Waals surface area contributed by atoms with Crippen LogP contribution < -0.4 is 10.6 Å². The molecule has 260 valence electrons. The van der Waals surface area contributed by atoms with Crippen LogP contribution in [0.1, 0.15) is 76.5 Å². The molecule has 9 nitrogen and oxygen atoms in total. The number of terminal acetylenes is 1. The first-order valence-corrected chi connectivity index (χ1v) is 18.4. The fourth-order valence-electron chi connectivity index (χ4n) is 6.49. The van der Waals surface area contributed by atoms with E-state index in [-0.39, 0.29) is 36.7 Å². The van der Waals surface area contributed by atoms with E-state index < -0.39 is 18.1 Å². The number of amides is 2. The molecule has 5 atom stereocenters. The van der Waals surface area contributed by atoms with Crippen LogP contribution in [0.25, 0.3) is 0 Å². The Morgan fingerprint density at radius 3 is 2.45 bits per heavy atom. The van der Waals surface area contributed by atoms with E-state index in [0.717, 1.165) is 50.2 Å². The van der Waals surface area contributed by atoms with E-state index in [2.05, 4.69) is 40.3 Å². The number of aliphatic hydroxyl groups excluding tert-OH is 2. The number of likely N-dealkylation sites (N-methyl/N-ethyl adjacent to an activating group) is 2. The molecule has 4 N–H and O–H groups in total. The highest BCUT2D eigenvalue weighted by Gasteiger charge is 2.31. The summed E-state index contributed by atoms with van der Waals surface area (Å²) in [4.78, 5) is 35.9. The van der Waals surface area contributed by atoms with Crippen LogP contribution in [0.4, 0.5) is 0 Å². The molecule has 47 heavy (non-hydrogen) atoms. The van der Waals surface area contributed by atoms with Gasteiger partial charge in [0.25, 0.3) is 0 Å². The summed E-state index contributed by atoms with van der Waals surface area (Å²) < 4.78 is 0. The van der Waals surface area contributed by atoms with Gasteiger partial charge in [-0.15, -0.1) is 23.7 Å². The second-order valence-electron chi connectivity index (χ2n) is 13.0. The Morgan fingerprint density at radius 2 is 1.81 bits per heavy atom. The largest absolute Gasteiger partial charge is 0.389 e. The van der Waals surface area contributed by atoms with Crippen molar-refractivity contribution < 1.29 is 19.8 Å². The van der Waals surface area contributed by atoms with Crippen molar-refractivity contribution in [3.05, 3.63) is 52.5 Å². The molecule has 2 aromatic rings. The topological polar surface area (TPSA) is 118 Å². The summed E-state index contributed by atoms with van der Waals surface area (Å²) in [6, 6.07) is 9.09. The molecule has 1 aromatic heterocycles. The number of rotatable bonds is 21. The molecule has 2 amide bonds. The van der Waals surface area contributed by atoms with Crippen molar-refractivity contribution in [3.63, 3.8) is 0 Å². The predicted octanol–water partition coefficient (Wildman–Crippen LogP) is 3.89. The quantitative estimate of drug-likeness (QED) is 0.149. The fraction of sp³-hybridized carbons (Fsp3) is 0.649. The van der Waals surface area contributed by atoms with Crippen LogP contribution in [0.15, 0.2) is 41.2 Å². The molecule has 0 bridgehead atoms. The Balaban J connectivity index is 1.76. The molecule has 1 fully saturated rings. The van der Waals surface area contributed by atoms with Crippen LogP contribution in [0.2, 0.25) is 0 Å². The van der Waals surface area contributed by atoms with Crippen molar-refractivity contribution in [1.29, 1.82) is 0 Å². The minimum atomic E-state index is -1.03. The highest BCUT2D eigenvalue weighted by Crippen LogP contribution is 2.28. The van der Waals surface area contributed by atoms with E-state index >= 15 is 0 Å². The Kier molecular flexibility index (Phi) is 17.4. The number of hydrogen-bond donors (Lipinski definition) is 4. The van der Waals surface area contributed by atoms with Gasteiger partial charge in [-0.1, -0.05) is 76.3 Å². The Morgan fingerprint density at radius 1 is 1.09 bits per heavy atom. The number of hydrogen-bond acceptors (Lipinski definition) is 8. The molecule has 10 heteroatoms. The molecular weight excluding hydrogens is 611 g/mol. The maximum Gasteiger partial charge on any atom is 0.224 e. The van der Waals surface area contributed by atoms with E-state index in [1.807, 2.05) is 42.8 Å². The highest BCUT2D eigenvalue weighted by atomic mass is 32.1. The van der Waals surface area contributed by atoms with Crippen LogP contribution in [-0.2, 0) is 22.4 Å². The highest BCUT2D eigenvalue weighted by molar-refractivity contribution is 7.07. The monoisotopic (exact) mass is 667 g/mol. The summed E-state index contributed by atoms with van der Waals surface area (Å²) in [5.74, 6) is 2.13. The van der Waals surface area contributed by atoms with E-state index in [9.17, 15) is 19.8 Å². The van der Waals surface area contributed by atoms with Crippen LogP contribution >= 0.6 is 11.3 Å². The molecule has 3 rings (SSSR count). The van der Waals surface area contributed by atoms with Gasteiger partial charge in [-0.25, -0.2) is 4.98 Å². The predicted molar refractivity (Wildman–Crippen MR) is 190 cm³/mol. The SMILES string of the molecule is C#CC[C@H](O)[C@H](O)[C@H](CC1CCCCC1)NC[C@H](Cc1cscn1)NC(=O)[C@@H](CC(=O)N(C)CCN(CC)CC)Cc1ccccc1. The Hall–Kier alpha value is -2.81. The fourth-order valence-corrected chi connectivity index (χ4v) is 7.06. The average molecular weight is 668 g/mol. The number of carbonyl (C=O) groups is 2. The normalized spacial score (nSPS) is 17.0. The van der Waals surface area contributed by atoms with Gasteiger partial charge in [0, 0.05) is 63.4 Å². The maximum absolute atomic E-state index is 14.0. The lowest BCUT2D eigenvalue weighted by atomic mass is 9.82. The van der Waals surface area contributed by atoms with Crippen molar-refractivity contribution in [2.24, 2.45) is 11.8 Å². The molecule has 0 saturated heterocycles. The maximum atomic E-state index is 14.0. The molecule has 1 saturated carbocycles. The standard InChI is InChI=1S/C37H57N5O4S/c1-5-14-34(43)36(45)33(22-29-17-12-9-13-18-29)38-25-31(24-32-26-47-27-39-32)40-37(46)30(21-28-15-10-8-11-16-28)23-35(44)41(4)19-20-42(6-2)7-3/h1,8,10-11,15-16,26-27,29-31,33-34,36,38,43,45H,6-7,9,12-14,17-25H2,2-4H3,(H,40,46)/t30-,31+,33+,34+,36-/m1/s1. The molecule has 1 aromatic carbocycles. The summed E-state index contributed by atoms with van der Waals surface area (Å²) in [6.45, 7) is 7.83. The molecular formula is C37H57N5O4S. The summed E-state index contributed by atoms with van der Waals surface area (Å²) in [5.41, 5.74) is 3.64. The number of thiazole rings is 1. The number of nitrogens with one attached hydrogen (secondary N) is 2. The van der Waals surface area contributed by atoms with Crippen molar-refractivity contribution in [2.75, 3.05) is 39.8 Å². The Labute approximate surface area is 286 Å². The van der Waals surface area contributed by atoms with Crippen molar-refractivity contribution >= 4 is 23.2 Å². The zero-order chi connectivity index (χ0) is 34.0. The van der Waals surface area contributed by atoms with Gasteiger partial charge < -0.3 is 30.6 Å². The number of benzene rings is 1. The first-order valence-electron chi connectivity index (χ1n) is 17.4. The van der Waals surface area contributed by atoms with Gasteiger partial charge in [-0.2, -0.15) is 0 Å². The van der Waals surface area contributed by atoms with Crippen molar-refractivity contribution in [2.45, 2.75) is 102 Å². The van der Waals surface area contributed by atoms with Crippen LogP contribution in [0.5, 0.6) is 0 Å². The van der Waals surface area contributed by atoms with Crippen LogP contribution in [0, 0.1) is 24.2 Å². The van der Waals surface area contributed by atoms with E-state index in [1.54, 1.807) is 10.4 Å².